The van der Waals surface area contributed by atoms with E-state index >= 15 is 0 Å². The summed E-state index contributed by atoms with van der Waals surface area (Å²) >= 11 is 0. The molecule has 3 N–H and O–H groups in total. The average molecular weight is 562 g/mol. The van der Waals surface area contributed by atoms with E-state index in [4.69, 9.17) is 5.11 Å². The lowest BCUT2D eigenvalue weighted by molar-refractivity contribution is -0.142. The molecule has 8 nitrogen and oxygen atoms in total. The van der Waals surface area contributed by atoms with Crippen LogP contribution in [0.3, 0.4) is 0 Å². The van der Waals surface area contributed by atoms with Gasteiger partial charge in [-0.2, -0.15) is 36.0 Å². The second-order valence-electron chi connectivity index (χ2n) is 9.49. The Morgan fingerprint density at radius 2 is 1.74 bits per heavy atom. The quantitative estimate of drug-likeness (QED) is 0.374. The van der Waals surface area contributed by atoms with Crippen LogP contribution in [0.25, 0.3) is 5.65 Å². The van der Waals surface area contributed by atoms with E-state index in [0.717, 1.165) is 0 Å². The lowest BCUT2D eigenvalue weighted by atomic mass is 9.71. The second kappa shape index (κ2) is 10.5. The maximum Gasteiger partial charge on any atom is 0.435 e. The van der Waals surface area contributed by atoms with Gasteiger partial charge in [0, 0.05) is 43.7 Å². The molecule has 0 saturated carbocycles. The van der Waals surface area contributed by atoms with E-state index in [9.17, 15) is 35.5 Å². The van der Waals surface area contributed by atoms with Crippen molar-refractivity contribution >= 4 is 17.5 Å². The van der Waals surface area contributed by atoms with Gasteiger partial charge in [-0.25, -0.2) is 14.2 Å². The summed E-state index contributed by atoms with van der Waals surface area (Å²) < 4.78 is 94.8. The molecule has 39 heavy (non-hydrogen) atoms. The molecule has 15 heteroatoms. The summed E-state index contributed by atoms with van der Waals surface area (Å²) in [4.78, 5) is 17.3. The number of fused-ring (bicyclic) bond motifs is 1. The highest BCUT2D eigenvalue weighted by molar-refractivity contribution is 5.74. The first-order chi connectivity index (χ1) is 18.2. The molecule has 2 aromatic heterocycles. The largest absolute Gasteiger partial charge is 0.435 e. The van der Waals surface area contributed by atoms with Crippen LogP contribution in [0.15, 0.2) is 36.4 Å². The predicted octanol–water partition coefficient (Wildman–Crippen LogP) is 4.30. The van der Waals surface area contributed by atoms with E-state index in [0.29, 0.717) is 35.2 Å². The molecule has 2 unspecified atom stereocenters. The number of aliphatic hydroxyl groups excluding tert-OH is 1. The van der Waals surface area contributed by atoms with E-state index in [-0.39, 0.29) is 38.0 Å². The molecule has 1 fully saturated rings. The standard InChI is InChI=1S/C24H25F7N6O2/c1-22(14-2-4-16(25)5-3-14,15-6-8-36(12-15)21(39)32-7-9-38)13-33-19-10-17(23(26,27)28)34-20-11-18(24(29,30)31)35-37(19)20/h2-5,10-11,15,33,38H,6-9,12-13H2,1H3,(H,32,39). The van der Waals surface area contributed by atoms with Crippen LogP contribution >= 0.6 is 0 Å². The van der Waals surface area contributed by atoms with Crippen molar-refractivity contribution in [1.82, 2.24) is 24.8 Å². The first-order valence-electron chi connectivity index (χ1n) is 11.9. The summed E-state index contributed by atoms with van der Waals surface area (Å²) in [6.45, 7) is 2.09. The lowest BCUT2D eigenvalue weighted by Crippen LogP contribution is -2.43. The van der Waals surface area contributed by atoms with Crippen molar-refractivity contribution in [3.05, 3.63) is 59.2 Å². The van der Waals surface area contributed by atoms with Gasteiger partial charge in [0.1, 0.15) is 11.6 Å². The van der Waals surface area contributed by atoms with E-state index in [2.05, 4.69) is 20.7 Å². The molecule has 1 aliphatic rings. The van der Waals surface area contributed by atoms with Gasteiger partial charge in [0.15, 0.2) is 17.0 Å². The summed E-state index contributed by atoms with van der Waals surface area (Å²) in [7, 11) is 0. The first kappa shape index (κ1) is 28.4. The number of urea groups is 1. The lowest BCUT2D eigenvalue weighted by Gasteiger charge is -2.37. The number of nitrogens with zero attached hydrogens (tertiary/aromatic N) is 4. The van der Waals surface area contributed by atoms with Crippen LogP contribution in [0.1, 0.15) is 30.3 Å². The Morgan fingerprint density at radius 3 is 2.36 bits per heavy atom. The maximum atomic E-state index is 13.7. The van der Waals surface area contributed by atoms with Crippen LogP contribution in [-0.4, -0.2) is 63.4 Å². The zero-order valence-corrected chi connectivity index (χ0v) is 20.6. The Bertz CT molecular complexity index is 1330. The summed E-state index contributed by atoms with van der Waals surface area (Å²) in [5, 5.41) is 17.8. The highest BCUT2D eigenvalue weighted by Crippen LogP contribution is 2.39. The number of aromatic nitrogens is 3. The summed E-state index contributed by atoms with van der Waals surface area (Å²) in [6, 6.07) is 6.10. The molecule has 0 bridgehead atoms. The molecule has 0 radical (unpaired) electrons. The highest BCUT2D eigenvalue weighted by atomic mass is 19.4. The van der Waals surface area contributed by atoms with Gasteiger partial charge < -0.3 is 20.6 Å². The average Bonchev–Trinajstić information content (AvgIpc) is 3.53. The number of nitrogens with one attached hydrogen (secondary N) is 2. The number of hydrogen-bond acceptors (Lipinski definition) is 5. The third kappa shape index (κ3) is 6.02. The van der Waals surface area contributed by atoms with Crippen molar-refractivity contribution in [2.75, 3.05) is 38.1 Å². The normalized spacial score (nSPS) is 17.9. The van der Waals surface area contributed by atoms with Gasteiger partial charge in [-0.3, -0.25) is 0 Å². The number of aliphatic hydroxyl groups is 1. The van der Waals surface area contributed by atoms with Crippen molar-refractivity contribution in [3.63, 3.8) is 0 Å². The Hall–Kier alpha value is -3.62. The summed E-state index contributed by atoms with van der Waals surface area (Å²) in [6.07, 6.45) is -9.35. The van der Waals surface area contributed by atoms with E-state index in [1.54, 1.807) is 6.92 Å². The smallest absolute Gasteiger partial charge is 0.395 e. The van der Waals surface area contributed by atoms with Crippen molar-refractivity contribution in [1.29, 1.82) is 0 Å². The number of benzene rings is 1. The number of anilines is 1. The third-order valence-corrected chi connectivity index (χ3v) is 6.91. The fraction of sp³-hybridized carbons (Fsp3) is 0.458. The van der Waals surface area contributed by atoms with Gasteiger partial charge in [0.05, 0.1) is 6.61 Å². The van der Waals surface area contributed by atoms with Gasteiger partial charge in [0.2, 0.25) is 0 Å². The topological polar surface area (TPSA) is 94.8 Å². The monoisotopic (exact) mass is 562 g/mol. The van der Waals surface area contributed by atoms with Crippen LogP contribution < -0.4 is 10.6 Å². The number of rotatable bonds is 7. The minimum Gasteiger partial charge on any atom is -0.395 e. The Balaban J connectivity index is 1.70. The third-order valence-electron chi connectivity index (χ3n) is 6.91. The molecule has 0 aliphatic carbocycles. The molecule has 1 saturated heterocycles. The summed E-state index contributed by atoms with van der Waals surface area (Å²) in [5.74, 6) is -1.14. The number of alkyl halides is 6. The van der Waals surface area contributed by atoms with Crippen LogP contribution in [0.2, 0.25) is 0 Å². The van der Waals surface area contributed by atoms with Crippen molar-refractivity contribution in [3.8, 4) is 0 Å². The molecule has 2 atom stereocenters. The van der Waals surface area contributed by atoms with Gasteiger partial charge in [-0.15, -0.1) is 0 Å². The molecule has 0 spiro atoms. The van der Waals surface area contributed by atoms with Gasteiger partial charge in [-0.05, 0) is 30.0 Å². The van der Waals surface area contributed by atoms with Gasteiger partial charge >= 0.3 is 18.4 Å². The SMILES string of the molecule is CC(CNc1cc(C(F)(F)F)nc2cc(C(F)(F)F)nn12)(c1ccc(F)cc1)C1CCN(C(=O)NCCO)C1. The Kier molecular flexibility index (Phi) is 7.65. The number of hydrogen-bond donors (Lipinski definition) is 3. The molecule has 3 heterocycles. The maximum absolute atomic E-state index is 13.7. The van der Waals surface area contributed by atoms with Crippen LogP contribution in [0.4, 0.5) is 41.3 Å². The van der Waals surface area contributed by atoms with Crippen LogP contribution in [0.5, 0.6) is 0 Å². The zero-order valence-electron chi connectivity index (χ0n) is 20.6. The molecular weight excluding hydrogens is 537 g/mol. The second-order valence-corrected chi connectivity index (χ2v) is 9.49. The number of carbonyl (C=O) groups is 1. The molecule has 3 aromatic rings. The fourth-order valence-corrected chi connectivity index (χ4v) is 4.71. The molecule has 2 amide bonds. The number of halogens is 7. The van der Waals surface area contributed by atoms with E-state index in [1.165, 1.54) is 29.2 Å². The first-order valence-corrected chi connectivity index (χ1v) is 11.9. The molecule has 4 rings (SSSR count). The Morgan fingerprint density at radius 1 is 1.08 bits per heavy atom. The highest BCUT2D eigenvalue weighted by Gasteiger charge is 2.42. The molecule has 1 aliphatic heterocycles. The molecule has 212 valence electrons. The Labute approximate surface area is 217 Å². The van der Waals surface area contributed by atoms with E-state index < -0.39 is 46.7 Å². The summed E-state index contributed by atoms with van der Waals surface area (Å²) in [5.41, 5.74) is -3.75. The molecular formula is C24H25F7N6O2. The van der Waals surface area contributed by atoms with Crippen LogP contribution in [0, 0.1) is 11.7 Å². The van der Waals surface area contributed by atoms with Crippen molar-refractivity contribution < 1.29 is 40.6 Å². The minimum atomic E-state index is -4.94. The molecule has 1 aromatic carbocycles. The van der Waals surface area contributed by atoms with Crippen molar-refractivity contribution in [2.24, 2.45) is 5.92 Å². The van der Waals surface area contributed by atoms with Gasteiger partial charge in [-0.1, -0.05) is 19.1 Å². The minimum absolute atomic E-state index is 0.0557. The number of likely N-dealkylation sites (tertiary alicyclic amines) is 1. The number of amides is 2. The fourth-order valence-electron chi connectivity index (χ4n) is 4.71. The zero-order chi connectivity index (χ0) is 28.6. The van der Waals surface area contributed by atoms with Gasteiger partial charge in [0.25, 0.3) is 0 Å². The van der Waals surface area contributed by atoms with E-state index in [1.807, 2.05) is 0 Å². The number of carbonyl (C=O) groups excluding carboxylic acids is 1. The van der Waals surface area contributed by atoms with Crippen molar-refractivity contribution in [2.45, 2.75) is 31.1 Å². The van der Waals surface area contributed by atoms with Crippen LogP contribution in [-0.2, 0) is 17.8 Å². The predicted molar refractivity (Wildman–Crippen MR) is 125 cm³/mol.